The number of hydrogen-bond donors (Lipinski definition) is 0. The second-order valence-electron chi connectivity index (χ2n) is 4.08. The SMILES string of the molecule is COC(=O)c1cnc(Oc2cccc(S(C)(=O)=O)c2)cn1. The van der Waals surface area contributed by atoms with E-state index in [2.05, 4.69) is 14.7 Å². The zero-order valence-corrected chi connectivity index (χ0v) is 12.1. The molecular weight excluding hydrogens is 296 g/mol. The molecule has 0 bridgehead atoms. The molecule has 1 aromatic heterocycles. The first-order chi connectivity index (χ1) is 9.90. The average Bonchev–Trinajstić information content (AvgIpc) is 2.47. The van der Waals surface area contributed by atoms with E-state index >= 15 is 0 Å². The maximum absolute atomic E-state index is 11.5. The highest BCUT2D eigenvalue weighted by molar-refractivity contribution is 7.90. The Bertz CT molecular complexity index is 756. The van der Waals surface area contributed by atoms with E-state index in [1.165, 1.54) is 31.6 Å². The van der Waals surface area contributed by atoms with E-state index in [1.54, 1.807) is 12.1 Å². The van der Waals surface area contributed by atoms with E-state index in [1.807, 2.05) is 0 Å². The lowest BCUT2D eigenvalue weighted by Crippen LogP contribution is -2.05. The molecule has 2 aromatic rings. The first-order valence-corrected chi connectivity index (χ1v) is 7.67. The summed E-state index contributed by atoms with van der Waals surface area (Å²) in [4.78, 5) is 19.1. The number of esters is 1. The van der Waals surface area contributed by atoms with E-state index in [0.717, 1.165) is 6.26 Å². The van der Waals surface area contributed by atoms with Gasteiger partial charge in [0.25, 0.3) is 0 Å². The van der Waals surface area contributed by atoms with Gasteiger partial charge in [-0.3, -0.25) is 0 Å². The van der Waals surface area contributed by atoms with Crippen LogP contribution in [0, 0.1) is 0 Å². The lowest BCUT2D eigenvalue weighted by atomic mass is 10.3. The van der Waals surface area contributed by atoms with Crippen molar-refractivity contribution >= 4 is 15.8 Å². The monoisotopic (exact) mass is 308 g/mol. The van der Waals surface area contributed by atoms with Crippen LogP contribution in [0.15, 0.2) is 41.6 Å². The van der Waals surface area contributed by atoms with Crippen molar-refractivity contribution in [3.63, 3.8) is 0 Å². The summed E-state index contributed by atoms with van der Waals surface area (Å²) in [6.45, 7) is 0. The molecule has 1 heterocycles. The lowest BCUT2D eigenvalue weighted by Gasteiger charge is -2.06. The highest BCUT2D eigenvalue weighted by atomic mass is 32.2. The van der Waals surface area contributed by atoms with Gasteiger partial charge in [0.15, 0.2) is 15.5 Å². The Balaban J connectivity index is 2.21. The van der Waals surface area contributed by atoms with Crippen molar-refractivity contribution in [3.05, 3.63) is 42.4 Å². The van der Waals surface area contributed by atoms with Crippen LogP contribution in [0.5, 0.6) is 11.6 Å². The number of ether oxygens (including phenoxy) is 2. The fourth-order valence-corrected chi connectivity index (χ4v) is 2.12. The lowest BCUT2D eigenvalue weighted by molar-refractivity contribution is 0.0593. The van der Waals surface area contributed by atoms with Gasteiger partial charge < -0.3 is 9.47 Å². The van der Waals surface area contributed by atoms with Crippen LogP contribution in [-0.4, -0.2) is 37.7 Å². The van der Waals surface area contributed by atoms with Gasteiger partial charge in [-0.1, -0.05) is 6.07 Å². The predicted molar refractivity (Wildman–Crippen MR) is 73.0 cm³/mol. The van der Waals surface area contributed by atoms with Crippen molar-refractivity contribution in [1.82, 2.24) is 9.97 Å². The van der Waals surface area contributed by atoms with Crippen LogP contribution in [0.25, 0.3) is 0 Å². The molecule has 7 nitrogen and oxygen atoms in total. The Hall–Kier alpha value is -2.48. The van der Waals surface area contributed by atoms with E-state index in [-0.39, 0.29) is 16.5 Å². The fourth-order valence-electron chi connectivity index (χ4n) is 1.47. The summed E-state index contributed by atoms with van der Waals surface area (Å²) >= 11 is 0. The van der Waals surface area contributed by atoms with Crippen molar-refractivity contribution < 1.29 is 22.7 Å². The molecule has 0 saturated heterocycles. The highest BCUT2D eigenvalue weighted by Gasteiger charge is 2.10. The van der Waals surface area contributed by atoms with Crippen LogP contribution < -0.4 is 4.74 Å². The second kappa shape index (κ2) is 5.88. The molecule has 0 atom stereocenters. The van der Waals surface area contributed by atoms with Gasteiger partial charge in [0, 0.05) is 6.26 Å². The molecule has 0 radical (unpaired) electrons. The smallest absolute Gasteiger partial charge is 0.358 e. The van der Waals surface area contributed by atoms with Gasteiger partial charge in [-0.15, -0.1) is 0 Å². The molecule has 110 valence electrons. The number of benzene rings is 1. The van der Waals surface area contributed by atoms with Crippen LogP contribution in [0.4, 0.5) is 0 Å². The standard InChI is InChI=1S/C13H12N2O5S/c1-19-13(16)11-7-15-12(8-14-11)20-9-4-3-5-10(6-9)21(2,17)18/h3-8H,1-2H3. The summed E-state index contributed by atoms with van der Waals surface area (Å²) < 4.78 is 32.8. The van der Waals surface area contributed by atoms with Gasteiger partial charge in [0.1, 0.15) is 5.75 Å². The third-order valence-electron chi connectivity index (χ3n) is 2.48. The quantitative estimate of drug-likeness (QED) is 0.789. The largest absolute Gasteiger partial charge is 0.464 e. The normalized spacial score (nSPS) is 11.0. The number of hydrogen-bond acceptors (Lipinski definition) is 7. The van der Waals surface area contributed by atoms with Crippen LogP contribution in [0.3, 0.4) is 0 Å². The van der Waals surface area contributed by atoms with Gasteiger partial charge in [0.05, 0.1) is 24.4 Å². The topological polar surface area (TPSA) is 95.5 Å². The molecule has 0 amide bonds. The first-order valence-electron chi connectivity index (χ1n) is 5.78. The van der Waals surface area contributed by atoms with Crippen molar-refractivity contribution in [2.45, 2.75) is 4.90 Å². The first kappa shape index (κ1) is 14.9. The van der Waals surface area contributed by atoms with Crippen LogP contribution in [0.2, 0.25) is 0 Å². The predicted octanol–water partition coefficient (Wildman–Crippen LogP) is 1.46. The minimum Gasteiger partial charge on any atom is -0.464 e. The Labute approximate surface area is 121 Å². The van der Waals surface area contributed by atoms with Gasteiger partial charge in [0.2, 0.25) is 5.88 Å². The van der Waals surface area contributed by atoms with E-state index < -0.39 is 15.8 Å². The van der Waals surface area contributed by atoms with E-state index in [0.29, 0.717) is 5.75 Å². The van der Waals surface area contributed by atoms with Crippen LogP contribution in [0.1, 0.15) is 10.5 Å². The van der Waals surface area contributed by atoms with Crippen LogP contribution >= 0.6 is 0 Å². The number of carbonyl (C=O) groups excluding carboxylic acids is 1. The number of sulfone groups is 1. The van der Waals surface area contributed by atoms with Crippen molar-refractivity contribution in [2.75, 3.05) is 13.4 Å². The molecule has 0 N–H and O–H groups in total. The van der Waals surface area contributed by atoms with E-state index in [4.69, 9.17) is 4.74 Å². The van der Waals surface area contributed by atoms with Crippen molar-refractivity contribution in [3.8, 4) is 11.6 Å². The van der Waals surface area contributed by atoms with Crippen molar-refractivity contribution in [1.29, 1.82) is 0 Å². The Morgan fingerprint density at radius 3 is 2.52 bits per heavy atom. The summed E-state index contributed by atoms with van der Waals surface area (Å²) in [5.41, 5.74) is 0.0507. The average molecular weight is 308 g/mol. The van der Waals surface area contributed by atoms with Gasteiger partial charge in [-0.2, -0.15) is 0 Å². The zero-order valence-electron chi connectivity index (χ0n) is 11.3. The Morgan fingerprint density at radius 2 is 1.95 bits per heavy atom. The number of carbonyl (C=O) groups is 1. The summed E-state index contributed by atoms with van der Waals surface area (Å²) in [6, 6.07) is 5.99. The molecule has 21 heavy (non-hydrogen) atoms. The third kappa shape index (κ3) is 3.76. The Morgan fingerprint density at radius 1 is 1.19 bits per heavy atom. The maximum atomic E-state index is 11.5. The van der Waals surface area contributed by atoms with Crippen molar-refractivity contribution in [2.24, 2.45) is 0 Å². The summed E-state index contributed by atoms with van der Waals surface area (Å²) in [6.07, 6.45) is 3.57. The molecule has 0 aliphatic rings. The van der Waals surface area contributed by atoms with Gasteiger partial charge in [-0.25, -0.2) is 23.2 Å². The third-order valence-corrected chi connectivity index (χ3v) is 3.59. The molecule has 2 rings (SSSR count). The molecule has 1 aromatic carbocycles. The molecule has 0 saturated carbocycles. The molecule has 0 aliphatic carbocycles. The molecule has 0 spiro atoms. The minimum atomic E-state index is -3.32. The summed E-state index contributed by atoms with van der Waals surface area (Å²) in [5, 5.41) is 0. The minimum absolute atomic E-state index is 0.0507. The van der Waals surface area contributed by atoms with E-state index in [9.17, 15) is 13.2 Å². The zero-order chi connectivity index (χ0) is 15.5. The Kier molecular flexibility index (Phi) is 4.18. The molecule has 0 fully saturated rings. The summed E-state index contributed by atoms with van der Waals surface area (Å²) in [5.74, 6) is -0.167. The summed E-state index contributed by atoms with van der Waals surface area (Å²) in [7, 11) is -2.07. The number of nitrogens with zero attached hydrogens (tertiary/aromatic N) is 2. The number of rotatable bonds is 4. The maximum Gasteiger partial charge on any atom is 0.358 e. The van der Waals surface area contributed by atoms with Gasteiger partial charge >= 0.3 is 5.97 Å². The molecule has 0 unspecified atom stereocenters. The highest BCUT2D eigenvalue weighted by Crippen LogP contribution is 2.22. The molecule has 8 heteroatoms. The fraction of sp³-hybridized carbons (Fsp3) is 0.154. The molecule has 0 aliphatic heterocycles. The van der Waals surface area contributed by atoms with Gasteiger partial charge in [-0.05, 0) is 18.2 Å². The molecular formula is C13H12N2O5S. The number of methoxy groups -OCH3 is 1. The second-order valence-corrected chi connectivity index (χ2v) is 6.10. The number of aromatic nitrogens is 2. The van der Waals surface area contributed by atoms with Crippen LogP contribution in [-0.2, 0) is 14.6 Å².